The molecule has 0 fully saturated rings. The van der Waals surface area contributed by atoms with Gasteiger partial charge in [0.15, 0.2) is 0 Å². The number of carbonyl (C=O) groups excluding carboxylic acids is 1. The Labute approximate surface area is 132 Å². The maximum atomic E-state index is 12.3. The van der Waals surface area contributed by atoms with Crippen LogP contribution >= 0.6 is 27.3 Å². The van der Waals surface area contributed by atoms with Crippen molar-refractivity contribution in [1.82, 2.24) is 10.3 Å². The number of hydrogen-bond acceptors (Lipinski definition) is 4. The van der Waals surface area contributed by atoms with Gasteiger partial charge in [0.2, 0.25) is 0 Å². The first-order chi connectivity index (χ1) is 9.95. The van der Waals surface area contributed by atoms with Crippen molar-refractivity contribution in [1.29, 1.82) is 0 Å². The number of carbonyl (C=O) groups is 1. The van der Waals surface area contributed by atoms with Crippen molar-refractivity contribution < 1.29 is 18.3 Å². The Kier molecular flexibility index (Phi) is 5.24. The lowest BCUT2D eigenvalue weighted by atomic mass is 10.2. The first-order valence-corrected chi connectivity index (χ1v) is 7.56. The summed E-state index contributed by atoms with van der Waals surface area (Å²) in [5.74, 6) is -0.328. The summed E-state index contributed by atoms with van der Waals surface area (Å²) in [6.07, 6.45) is 0. The Hall–Kier alpha value is -1.54. The summed E-state index contributed by atoms with van der Waals surface area (Å²) in [5.41, 5.74) is 0.758. The average molecular weight is 377 g/mol. The van der Waals surface area contributed by atoms with Crippen LogP contribution in [0.5, 0.6) is 5.75 Å². The Morgan fingerprint density at radius 2 is 2.29 bits per heavy atom. The molecule has 0 spiro atoms. The van der Waals surface area contributed by atoms with Gasteiger partial charge in [0.1, 0.15) is 11.4 Å². The number of aromatic nitrogens is 1. The summed E-state index contributed by atoms with van der Waals surface area (Å²) in [7, 11) is 0. The Morgan fingerprint density at radius 3 is 2.90 bits per heavy atom. The standard InChI is InChI=1S/C13H11BrF2N2O2S/c1-7-18-10(6-21-7)12(19)17-5-8-4-9(14)2-3-11(8)20-13(15)16/h2-4,6,13H,5H2,1H3,(H,17,19). The largest absolute Gasteiger partial charge is 0.434 e. The first-order valence-electron chi connectivity index (χ1n) is 5.89. The average Bonchev–Trinajstić information content (AvgIpc) is 2.85. The van der Waals surface area contributed by atoms with Gasteiger partial charge in [-0.1, -0.05) is 15.9 Å². The molecule has 21 heavy (non-hydrogen) atoms. The molecule has 112 valence electrons. The van der Waals surface area contributed by atoms with E-state index in [1.807, 2.05) is 0 Å². The van der Waals surface area contributed by atoms with Crippen molar-refractivity contribution in [2.45, 2.75) is 20.1 Å². The molecule has 8 heteroatoms. The van der Waals surface area contributed by atoms with Gasteiger partial charge in [-0.25, -0.2) is 4.98 Å². The molecule has 0 saturated carbocycles. The fourth-order valence-electron chi connectivity index (χ4n) is 1.63. The Morgan fingerprint density at radius 1 is 1.52 bits per heavy atom. The minimum Gasteiger partial charge on any atom is -0.434 e. The van der Waals surface area contributed by atoms with Crippen molar-refractivity contribution in [3.05, 3.63) is 44.3 Å². The van der Waals surface area contributed by atoms with Crippen LogP contribution in [0.2, 0.25) is 0 Å². The van der Waals surface area contributed by atoms with Gasteiger partial charge in [-0.15, -0.1) is 11.3 Å². The number of amides is 1. The van der Waals surface area contributed by atoms with Gasteiger partial charge in [-0.2, -0.15) is 8.78 Å². The number of rotatable bonds is 5. The Balaban J connectivity index is 2.08. The number of nitrogens with one attached hydrogen (secondary N) is 1. The fraction of sp³-hybridized carbons (Fsp3) is 0.231. The van der Waals surface area contributed by atoms with Gasteiger partial charge in [0.25, 0.3) is 5.91 Å². The predicted octanol–water partition coefficient (Wildman–Crippen LogP) is 3.75. The second kappa shape index (κ2) is 6.95. The number of ether oxygens (including phenoxy) is 1. The normalized spacial score (nSPS) is 10.7. The van der Waals surface area contributed by atoms with Gasteiger partial charge in [0, 0.05) is 22.0 Å². The summed E-state index contributed by atoms with van der Waals surface area (Å²) in [6.45, 7) is -1.05. The van der Waals surface area contributed by atoms with E-state index in [9.17, 15) is 13.6 Å². The number of nitrogens with zero attached hydrogens (tertiary/aromatic N) is 1. The zero-order chi connectivity index (χ0) is 15.4. The summed E-state index contributed by atoms with van der Waals surface area (Å²) in [6, 6.07) is 4.63. The third-order valence-corrected chi connectivity index (χ3v) is 3.80. The zero-order valence-electron chi connectivity index (χ0n) is 10.9. The van der Waals surface area contributed by atoms with Gasteiger partial charge in [-0.3, -0.25) is 4.79 Å². The van der Waals surface area contributed by atoms with Crippen molar-refractivity contribution >= 4 is 33.2 Å². The highest BCUT2D eigenvalue weighted by Gasteiger charge is 2.13. The zero-order valence-corrected chi connectivity index (χ0v) is 13.3. The van der Waals surface area contributed by atoms with Gasteiger partial charge < -0.3 is 10.1 Å². The highest BCUT2D eigenvalue weighted by atomic mass is 79.9. The number of thiazole rings is 1. The third kappa shape index (κ3) is 4.47. The second-order valence-electron chi connectivity index (χ2n) is 4.06. The van der Waals surface area contributed by atoms with Crippen LogP contribution in [0.4, 0.5) is 8.78 Å². The smallest absolute Gasteiger partial charge is 0.387 e. The number of hydrogen-bond donors (Lipinski definition) is 1. The van der Waals surface area contributed by atoms with Crippen LogP contribution in [0.1, 0.15) is 21.1 Å². The van der Waals surface area contributed by atoms with E-state index in [1.54, 1.807) is 24.4 Å². The summed E-state index contributed by atoms with van der Waals surface area (Å²) in [4.78, 5) is 15.9. The van der Waals surface area contributed by atoms with E-state index in [2.05, 4.69) is 31.0 Å². The lowest BCUT2D eigenvalue weighted by molar-refractivity contribution is -0.0504. The number of halogens is 3. The van der Waals surface area contributed by atoms with Crippen LogP contribution in [-0.4, -0.2) is 17.5 Å². The monoisotopic (exact) mass is 376 g/mol. The highest BCUT2D eigenvalue weighted by molar-refractivity contribution is 9.10. The van der Waals surface area contributed by atoms with Crippen molar-refractivity contribution in [2.75, 3.05) is 0 Å². The van der Waals surface area contributed by atoms with E-state index in [0.29, 0.717) is 15.7 Å². The summed E-state index contributed by atoms with van der Waals surface area (Å²) < 4.78 is 29.8. The number of aryl methyl sites for hydroxylation is 1. The third-order valence-electron chi connectivity index (χ3n) is 2.53. The van der Waals surface area contributed by atoms with Gasteiger partial charge in [0.05, 0.1) is 5.01 Å². The maximum absolute atomic E-state index is 12.3. The van der Waals surface area contributed by atoms with E-state index >= 15 is 0 Å². The van der Waals surface area contributed by atoms with Crippen LogP contribution < -0.4 is 10.1 Å². The molecular weight excluding hydrogens is 366 g/mol. The number of benzene rings is 1. The van der Waals surface area contributed by atoms with Crippen LogP contribution in [0.25, 0.3) is 0 Å². The molecule has 0 radical (unpaired) electrons. The second-order valence-corrected chi connectivity index (χ2v) is 6.04. The van der Waals surface area contributed by atoms with E-state index in [1.165, 1.54) is 17.4 Å². The molecule has 1 N–H and O–H groups in total. The SMILES string of the molecule is Cc1nc(C(=O)NCc2cc(Br)ccc2OC(F)F)cs1. The van der Waals surface area contributed by atoms with Crippen LogP contribution in [0.15, 0.2) is 28.1 Å². The van der Waals surface area contributed by atoms with Crippen LogP contribution in [0, 0.1) is 6.92 Å². The molecule has 0 bridgehead atoms. The van der Waals surface area contributed by atoms with E-state index in [4.69, 9.17) is 0 Å². The van der Waals surface area contributed by atoms with Crippen LogP contribution in [-0.2, 0) is 6.54 Å². The van der Waals surface area contributed by atoms with Crippen molar-refractivity contribution in [2.24, 2.45) is 0 Å². The number of alkyl halides is 2. The molecule has 0 aliphatic carbocycles. The summed E-state index contributed by atoms with van der Waals surface area (Å²) in [5, 5.41) is 5.05. The molecule has 0 atom stereocenters. The first kappa shape index (κ1) is 15.8. The maximum Gasteiger partial charge on any atom is 0.387 e. The molecule has 1 aromatic heterocycles. The van der Waals surface area contributed by atoms with Crippen molar-refractivity contribution in [3.63, 3.8) is 0 Å². The van der Waals surface area contributed by atoms with Gasteiger partial charge in [-0.05, 0) is 25.1 Å². The molecule has 2 aromatic rings. The molecular formula is C13H11BrF2N2O2S. The molecule has 0 aliphatic rings. The molecule has 0 aliphatic heterocycles. The topological polar surface area (TPSA) is 51.2 Å². The van der Waals surface area contributed by atoms with Crippen LogP contribution in [0.3, 0.4) is 0 Å². The Bertz CT molecular complexity index is 649. The van der Waals surface area contributed by atoms with E-state index in [-0.39, 0.29) is 18.2 Å². The molecule has 2 rings (SSSR count). The van der Waals surface area contributed by atoms with E-state index in [0.717, 1.165) is 5.01 Å². The summed E-state index contributed by atoms with van der Waals surface area (Å²) >= 11 is 4.62. The lowest BCUT2D eigenvalue weighted by Crippen LogP contribution is -2.23. The predicted molar refractivity (Wildman–Crippen MR) is 78.8 cm³/mol. The minimum atomic E-state index is -2.91. The molecule has 0 unspecified atom stereocenters. The van der Waals surface area contributed by atoms with Crippen molar-refractivity contribution in [3.8, 4) is 5.75 Å². The van der Waals surface area contributed by atoms with Gasteiger partial charge >= 0.3 is 6.61 Å². The van der Waals surface area contributed by atoms with E-state index < -0.39 is 6.61 Å². The molecule has 1 amide bonds. The lowest BCUT2D eigenvalue weighted by Gasteiger charge is -2.11. The molecule has 4 nitrogen and oxygen atoms in total. The fourth-order valence-corrected chi connectivity index (χ4v) is 2.63. The molecule has 1 aromatic carbocycles. The highest BCUT2D eigenvalue weighted by Crippen LogP contribution is 2.24. The molecule has 1 heterocycles. The molecule has 0 saturated heterocycles. The quantitative estimate of drug-likeness (QED) is 0.864. The minimum absolute atomic E-state index is 0.0305.